The van der Waals surface area contributed by atoms with E-state index in [0.717, 1.165) is 29.8 Å². The fraction of sp³-hybridized carbons (Fsp3) is 0.429. The Balaban J connectivity index is 2.23. The highest BCUT2D eigenvalue weighted by Crippen LogP contribution is 2.36. The zero-order chi connectivity index (χ0) is 20.7. The number of rotatable bonds is 10. The van der Waals surface area contributed by atoms with Crippen molar-refractivity contribution in [2.24, 2.45) is 0 Å². The monoisotopic (exact) mass is 445 g/mol. The van der Waals surface area contributed by atoms with Crippen molar-refractivity contribution in [1.82, 2.24) is 5.32 Å². The summed E-state index contributed by atoms with van der Waals surface area (Å²) in [6.45, 7) is 7.24. The molecule has 0 aliphatic heterocycles. The van der Waals surface area contributed by atoms with Crippen LogP contribution in [0.3, 0.4) is 0 Å². The van der Waals surface area contributed by atoms with E-state index in [9.17, 15) is 8.78 Å². The van der Waals surface area contributed by atoms with Gasteiger partial charge in [-0.1, -0.05) is 50.0 Å². The highest BCUT2D eigenvalue weighted by molar-refractivity contribution is 6.73. The molecule has 0 aliphatic rings. The number of halogens is 4. The van der Waals surface area contributed by atoms with Gasteiger partial charge in [-0.15, -0.1) is 0 Å². The number of benzene rings is 2. The first-order valence-electron chi connectivity index (χ1n) is 9.61. The van der Waals surface area contributed by atoms with E-state index in [1.807, 2.05) is 0 Å². The van der Waals surface area contributed by atoms with Gasteiger partial charge >= 0.3 is 0 Å². The number of hydrogen-bond donors (Lipinski definition) is 1. The second-order valence-corrected chi connectivity index (χ2v) is 12.4. The standard InChI is InChI=1S/C21H27Cl2F2NOSi/c1-4-28(5-2,6-3)27-20(21-18(22)8-7-9-19(21)23)14-26-13-15-10-16(24)12-17(25)11-15/h7-12,20,26H,4-6,13-14H2,1-3H3. The van der Waals surface area contributed by atoms with Crippen LogP contribution in [0, 0.1) is 11.6 Å². The molecule has 0 heterocycles. The fourth-order valence-electron chi connectivity index (χ4n) is 3.38. The second-order valence-electron chi connectivity index (χ2n) is 6.89. The smallest absolute Gasteiger partial charge is 0.192 e. The van der Waals surface area contributed by atoms with Crippen LogP contribution in [-0.2, 0) is 11.0 Å². The van der Waals surface area contributed by atoms with Gasteiger partial charge in [-0.25, -0.2) is 8.78 Å². The first kappa shape index (κ1) is 23.3. The predicted molar refractivity (Wildman–Crippen MR) is 116 cm³/mol. The van der Waals surface area contributed by atoms with Gasteiger partial charge in [0.25, 0.3) is 0 Å². The van der Waals surface area contributed by atoms with Crippen LogP contribution in [-0.4, -0.2) is 14.9 Å². The van der Waals surface area contributed by atoms with Crippen LogP contribution < -0.4 is 5.32 Å². The largest absolute Gasteiger partial charge is 0.409 e. The molecule has 0 fully saturated rings. The molecule has 1 atom stereocenters. The third kappa shape index (κ3) is 6.01. The molecule has 0 aromatic heterocycles. The lowest BCUT2D eigenvalue weighted by atomic mass is 10.1. The van der Waals surface area contributed by atoms with E-state index < -0.39 is 20.0 Å². The van der Waals surface area contributed by atoms with Gasteiger partial charge in [0.15, 0.2) is 8.32 Å². The van der Waals surface area contributed by atoms with Gasteiger partial charge in [0.05, 0.1) is 6.10 Å². The van der Waals surface area contributed by atoms with Crippen molar-refractivity contribution >= 4 is 31.5 Å². The maximum atomic E-state index is 13.4. The van der Waals surface area contributed by atoms with Crippen molar-refractivity contribution in [3.05, 3.63) is 69.2 Å². The van der Waals surface area contributed by atoms with Crippen LogP contribution in [0.15, 0.2) is 36.4 Å². The molecule has 0 amide bonds. The van der Waals surface area contributed by atoms with E-state index in [2.05, 4.69) is 26.1 Å². The minimum absolute atomic E-state index is 0.315. The van der Waals surface area contributed by atoms with Gasteiger partial charge in [0.1, 0.15) is 11.6 Å². The van der Waals surface area contributed by atoms with E-state index >= 15 is 0 Å². The van der Waals surface area contributed by atoms with Crippen molar-refractivity contribution in [1.29, 1.82) is 0 Å². The van der Waals surface area contributed by atoms with Crippen molar-refractivity contribution in [2.45, 2.75) is 51.6 Å². The van der Waals surface area contributed by atoms with Gasteiger partial charge in [-0.3, -0.25) is 0 Å². The molecular formula is C21H27Cl2F2NOSi. The summed E-state index contributed by atoms with van der Waals surface area (Å²) in [7, 11) is -1.93. The van der Waals surface area contributed by atoms with E-state index in [0.29, 0.717) is 28.7 Å². The molecule has 2 aromatic carbocycles. The molecule has 1 unspecified atom stereocenters. The first-order chi connectivity index (χ1) is 13.3. The lowest BCUT2D eigenvalue weighted by molar-refractivity contribution is 0.186. The summed E-state index contributed by atoms with van der Waals surface area (Å²) in [5.74, 6) is -1.18. The molecule has 2 rings (SSSR count). The summed E-state index contributed by atoms with van der Waals surface area (Å²) < 4.78 is 33.5. The van der Waals surface area contributed by atoms with E-state index in [4.69, 9.17) is 27.6 Å². The lowest BCUT2D eigenvalue weighted by Crippen LogP contribution is -2.40. The third-order valence-electron chi connectivity index (χ3n) is 5.23. The summed E-state index contributed by atoms with van der Waals surface area (Å²) in [4.78, 5) is 0. The van der Waals surface area contributed by atoms with Gasteiger partial charge in [-0.2, -0.15) is 0 Å². The van der Waals surface area contributed by atoms with Crippen molar-refractivity contribution in [3.8, 4) is 0 Å². The Morgan fingerprint density at radius 1 is 0.964 bits per heavy atom. The van der Waals surface area contributed by atoms with Crippen molar-refractivity contribution in [3.63, 3.8) is 0 Å². The van der Waals surface area contributed by atoms with Gasteiger partial charge < -0.3 is 9.74 Å². The summed E-state index contributed by atoms with van der Waals surface area (Å²) >= 11 is 12.9. The molecule has 0 saturated heterocycles. The molecule has 0 aliphatic carbocycles. The predicted octanol–water partition coefficient (Wildman–Crippen LogP) is 7.12. The third-order valence-corrected chi connectivity index (χ3v) is 10.5. The summed E-state index contributed by atoms with van der Waals surface area (Å²) in [5, 5.41) is 4.37. The second kappa shape index (κ2) is 10.7. The molecule has 154 valence electrons. The van der Waals surface area contributed by atoms with Crippen LogP contribution in [0.1, 0.15) is 38.0 Å². The van der Waals surface area contributed by atoms with Gasteiger partial charge in [0.2, 0.25) is 0 Å². The molecule has 28 heavy (non-hydrogen) atoms. The van der Waals surface area contributed by atoms with Crippen molar-refractivity contribution in [2.75, 3.05) is 6.54 Å². The minimum atomic E-state index is -1.93. The Morgan fingerprint density at radius 2 is 1.50 bits per heavy atom. The number of hydrogen-bond acceptors (Lipinski definition) is 2. The highest BCUT2D eigenvalue weighted by Gasteiger charge is 2.33. The Hall–Kier alpha value is -0.983. The van der Waals surface area contributed by atoms with Gasteiger partial charge in [-0.05, 0) is 48.0 Å². The maximum absolute atomic E-state index is 13.4. The topological polar surface area (TPSA) is 21.3 Å². The highest BCUT2D eigenvalue weighted by atomic mass is 35.5. The minimum Gasteiger partial charge on any atom is -0.409 e. The molecule has 2 aromatic rings. The van der Waals surface area contributed by atoms with Crippen LogP contribution in [0.25, 0.3) is 0 Å². The van der Waals surface area contributed by atoms with Gasteiger partial charge in [0, 0.05) is 34.8 Å². The Morgan fingerprint density at radius 3 is 2.00 bits per heavy atom. The molecular weight excluding hydrogens is 419 g/mol. The normalized spacial score (nSPS) is 13.0. The average molecular weight is 446 g/mol. The average Bonchev–Trinajstić information content (AvgIpc) is 2.65. The molecule has 0 saturated carbocycles. The van der Waals surface area contributed by atoms with Crippen LogP contribution in [0.2, 0.25) is 28.2 Å². The summed E-state index contributed by atoms with van der Waals surface area (Å²) in [6, 6.07) is 11.9. The Kier molecular flexibility index (Phi) is 8.90. The fourth-order valence-corrected chi connectivity index (χ4v) is 6.83. The quantitative estimate of drug-likeness (QED) is 0.392. The Bertz CT molecular complexity index is 738. The molecule has 2 nitrogen and oxygen atoms in total. The lowest BCUT2D eigenvalue weighted by Gasteiger charge is -2.34. The zero-order valence-corrected chi connectivity index (χ0v) is 19.0. The SMILES string of the molecule is CC[Si](CC)(CC)OC(CNCc1cc(F)cc(F)c1)c1c(Cl)cccc1Cl. The van der Waals surface area contributed by atoms with Crippen LogP contribution in [0.4, 0.5) is 8.78 Å². The van der Waals surface area contributed by atoms with Crippen LogP contribution in [0.5, 0.6) is 0 Å². The maximum Gasteiger partial charge on any atom is 0.192 e. The molecule has 1 N–H and O–H groups in total. The van der Waals surface area contributed by atoms with E-state index in [-0.39, 0.29) is 6.10 Å². The Labute approximate surface area is 177 Å². The number of nitrogens with one attached hydrogen (secondary N) is 1. The molecule has 0 spiro atoms. The van der Waals surface area contributed by atoms with Crippen LogP contribution >= 0.6 is 23.2 Å². The molecule has 0 bridgehead atoms. The molecule has 0 radical (unpaired) electrons. The zero-order valence-electron chi connectivity index (χ0n) is 16.5. The first-order valence-corrected chi connectivity index (χ1v) is 12.9. The van der Waals surface area contributed by atoms with E-state index in [1.165, 1.54) is 12.1 Å². The molecule has 7 heteroatoms. The summed E-state index contributed by atoms with van der Waals surface area (Å²) in [6.07, 6.45) is -0.328. The van der Waals surface area contributed by atoms with Crippen molar-refractivity contribution < 1.29 is 13.2 Å². The van der Waals surface area contributed by atoms with E-state index in [1.54, 1.807) is 18.2 Å². The summed E-state index contributed by atoms with van der Waals surface area (Å²) in [5.41, 5.74) is 1.29.